The summed E-state index contributed by atoms with van der Waals surface area (Å²) in [6.07, 6.45) is -0.989. The van der Waals surface area contributed by atoms with Crippen LogP contribution in [-0.2, 0) is 8.98 Å². The third-order valence-electron chi connectivity index (χ3n) is 1.78. The molecule has 0 bridgehead atoms. The maximum absolute atomic E-state index is 10.9. The quantitative estimate of drug-likeness (QED) is 0.155. The lowest BCUT2D eigenvalue weighted by Gasteiger charge is -2.11. The molecule has 0 aliphatic rings. The van der Waals surface area contributed by atoms with Crippen molar-refractivity contribution in [3.8, 4) is 0 Å². The van der Waals surface area contributed by atoms with Crippen molar-refractivity contribution >= 4 is 18.9 Å². The molecular weight excluding hydrogens is 220 g/mol. The second kappa shape index (κ2) is 8.93. The predicted octanol–water partition coefficient (Wildman–Crippen LogP) is -1.36. The highest BCUT2D eigenvalue weighted by Crippen LogP contribution is 1.89. The zero-order valence-corrected chi connectivity index (χ0v) is 9.54. The van der Waals surface area contributed by atoms with Crippen molar-refractivity contribution in [1.29, 1.82) is 0 Å². The van der Waals surface area contributed by atoms with Gasteiger partial charge in [-0.2, -0.15) is 0 Å². The number of carbonyl (C=O) groups is 1. The summed E-state index contributed by atoms with van der Waals surface area (Å²) in [5.41, 5.74) is 0. The molecule has 90 valence electrons. The molecule has 0 aromatic carbocycles. The smallest absolute Gasteiger partial charge is 0.334 e. The van der Waals surface area contributed by atoms with Crippen LogP contribution in [-0.4, -0.2) is 48.1 Å². The Kier molecular flexibility index (Phi) is 8.73. The first-order valence-electron chi connectivity index (χ1n) is 4.73. The van der Waals surface area contributed by atoms with Crippen molar-refractivity contribution < 1.29 is 19.2 Å². The number of rotatable bonds is 8. The number of aliphatic hydroxyl groups excluding tert-OH is 1. The molecule has 0 saturated heterocycles. The van der Waals surface area contributed by atoms with E-state index in [9.17, 15) is 4.79 Å². The van der Waals surface area contributed by atoms with Crippen molar-refractivity contribution in [1.82, 2.24) is 10.6 Å². The first-order chi connectivity index (χ1) is 7.07. The molecule has 0 aliphatic carbocycles. The predicted molar refractivity (Wildman–Crippen MR) is 58.3 cm³/mol. The van der Waals surface area contributed by atoms with Crippen LogP contribution in [0.15, 0.2) is 0 Å². The summed E-state index contributed by atoms with van der Waals surface area (Å²) in [6, 6.07) is -0.396. The van der Waals surface area contributed by atoms with Crippen LogP contribution in [0.4, 0.5) is 0 Å². The second-order valence-electron chi connectivity index (χ2n) is 3.11. The van der Waals surface area contributed by atoms with Gasteiger partial charge in [-0.15, -0.1) is 0 Å². The van der Waals surface area contributed by atoms with Gasteiger partial charge in [0.05, 0.1) is 0 Å². The van der Waals surface area contributed by atoms with E-state index in [0.717, 1.165) is 0 Å². The van der Waals surface area contributed by atoms with E-state index < -0.39 is 18.3 Å². The van der Waals surface area contributed by atoms with E-state index in [2.05, 4.69) is 27.7 Å². The van der Waals surface area contributed by atoms with Crippen LogP contribution >= 0.6 is 12.9 Å². The zero-order valence-electron chi connectivity index (χ0n) is 8.64. The number of thiol groups is 1. The van der Waals surface area contributed by atoms with E-state index in [4.69, 9.17) is 10.2 Å². The van der Waals surface area contributed by atoms with Gasteiger partial charge in [-0.1, -0.05) is 0 Å². The van der Waals surface area contributed by atoms with Crippen LogP contribution in [0.2, 0.25) is 0 Å². The highest BCUT2D eigenvalue weighted by atomic mass is 32.1. The van der Waals surface area contributed by atoms with Gasteiger partial charge in [0.15, 0.2) is 6.29 Å². The minimum Gasteiger partial charge on any atom is -0.393 e. The molecule has 15 heavy (non-hydrogen) atoms. The van der Waals surface area contributed by atoms with Crippen LogP contribution in [0, 0.1) is 0 Å². The lowest BCUT2D eigenvalue weighted by molar-refractivity contribution is -0.134. The fraction of sp³-hybridized carbons (Fsp3) is 0.875. The van der Waals surface area contributed by atoms with Gasteiger partial charge >= 0.3 is 5.97 Å². The summed E-state index contributed by atoms with van der Waals surface area (Å²) in [6.45, 7) is 3.42. The molecule has 7 heteroatoms. The Morgan fingerprint density at radius 3 is 2.60 bits per heavy atom. The zero-order chi connectivity index (χ0) is 11.7. The Balaban J connectivity index is 3.27. The van der Waals surface area contributed by atoms with Crippen molar-refractivity contribution in [2.45, 2.75) is 25.7 Å². The molecule has 0 aromatic rings. The number of hydrogen-bond donors (Lipinski definition) is 5. The van der Waals surface area contributed by atoms with E-state index in [0.29, 0.717) is 19.6 Å². The molecule has 0 saturated carbocycles. The SMILES string of the molecule is CC(NCCNCCC(O)O)C(=O)OS. The molecule has 1 unspecified atom stereocenters. The maximum atomic E-state index is 10.9. The minimum absolute atomic E-state index is 0.286. The molecule has 6 nitrogen and oxygen atoms in total. The Morgan fingerprint density at radius 2 is 2.07 bits per heavy atom. The van der Waals surface area contributed by atoms with Crippen molar-refractivity contribution in [2.75, 3.05) is 19.6 Å². The average molecular weight is 238 g/mol. The van der Waals surface area contributed by atoms with Gasteiger partial charge in [-0.05, 0) is 13.5 Å². The molecule has 0 amide bonds. The van der Waals surface area contributed by atoms with Crippen LogP contribution in [0.3, 0.4) is 0 Å². The summed E-state index contributed by atoms with van der Waals surface area (Å²) in [5.74, 6) is -0.427. The van der Waals surface area contributed by atoms with Crippen LogP contribution in [0.5, 0.6) is 0 Å². The van der Waals surface area contributed by atoms with Gasteiger partial charge < -0.3 is 25.0 Å². The normalized spacial score (nSPS) is 12.9. The van der Waals surface area contributed by atoms with E-state index in [1.165, 1.54) is 0 Å². The van der Waals surface area contributed by atoms with Gasteiger partial charge in [0.25, 0.3) is 0 Å². The van der Waals surface area contributed by atoms with E-state index in [1.54, 1.807) is 6.92 Å². The fourth-order valence-electron chi connectivity index (χ4n) is 0.896. The summed E-state index contributed by atoms with van der Waals surface area (Å²) in [5, 5.41) is 22.9. The third kappa shape index (κ3) is 8.64. The summed E-state index contributed by atoms with van der Waals surface area (Å²) in [7, 11) is 0. The van der Waals surface area contributed by atoms with Crippen LogP contribution < -0.4 is 10.6 Å². The molecule has 0 heterocycles. The molecule has 4 N–H and O–H groups in total. The van der Waals surface area contributed by atoms with Crippen molar-refractivity contribution in [3.05, 3.63) is 0 Å². The molecule has 0 aromatic heterocycles. The van der Waals surface area contributed by atoms with Gasteiger partial charge in [0, 0.05) is 32.4 Å². The molecular formula is C8H18N2O4S. The van der Waals surface area contributed by atoms with Crippen LogP contribution in [0.1, 0.15) is 13.3 Å². The fourth-order valence-corrected chi connectivity index (χ4v) is 1.05. The Bertz CT molecular complexity index is 180. The minimum atomic E-state index is -1.27. The van der Waals surface area contributed by atoms with Crippen molar-refractivity contribution in [3.63, 3.8) is 0 Å². The number of hydrogen-bond acceptors (Lipinski definition) is 7. The summed E-state index contributed by atoms with van der Waals surface area (Å²) < 4.78 is 4.23. The van der Waals surface area contributed by atoms with E-state index in [1.807, 2.05) is 0 Å². The summed E-state index contributed by atoms with van der Waals surface area (Å²) in [4.78, 5) is 10.9. The van der Waals surface area contributed by atoms with Gasteiger partial charge in [-0.25, -0.2) is 4.79 Å². The Hall–Kier alpha value is -0.340. The van der Waals surface area contributed by atoms with Gasteiger partial charge in [0.1, 0.15) is 6.04 Å². The van der Waals surface area contributed by atoms with Crippen molar-refractivity contribution in [2.24, 2.45) is 0 Å². The highest BCUT2D eigenvalue weighted by molar-refractivity contribution is 7.75. The molecule has 0 fully saturated rings. The maximum Gasteiger partial charge on any atom is 0.334 e. The second-order valence-corrected chi connectivity index (χ2v) is 3.29. The highest BCUT2D eigenvalue weighted by Gasteiger charge is 2.11. The molecule has 0 aliphatic heterocycles. The number of carbonyl (C=O) groups excluding carboxylic acids is 1. The molecule has 1 atom stereocenters. The van der Waals surface area contributed by atoms with Gasteiger partial charge in [0.2, 0.25) is 0 Å². The Morgan fingerprint density at radius 1 is 1.40 bits per heavy atom. The average Bonchev–Trinajstić information content (AvgIpc) is 2.21. The topological polar surface area (TPSA) is 90.8 Å². The first-order valence-corrected chi connectivity index (χ1v) is 5.10. The number of nitrogens with one attached hydrogen (secondary N) is 2. The lowest BCUT2D eigenvalue weighted by Crippen LogP contribution is -2.38. The molecule has 0 spiro atoms. The monoisotopic (exact) mass is 238 g/mol. The van der Waals surface area contributed by atoms with Gasteiger partial charge in [-0.3, -0.25) is 0 Å². The first kappa shape index (κ1) is 14.7. The molecule has 0 radical (unpaired) electrons. The van der Waals surface area contributed by atoms with Crippen LogP contribution in [0.25, 0.3) is 0 Å². The summed E-state index contributed by atoms with van der Waals surface area (Å²) >= 11 is 3.40. The largest absolute Gasteiger partial charge is 0.393 e. The van der Waals surface area contributed by atoms with E-state index in [-0.39, 0.29) is 6.42 Å². The third-order valence-corrected chi connectivity index (χ3v) is 1.96. The standard InChI is InChI=1S/C8H18N2O4S/c1-6(8(13)14-15)10-5-4-9-3-2-7(11)12/h6-7,9-12,15H,2-5H2,1H3. The number of aliphatic hydroxyl groups is 2. The molecule has 0 rings (SSSR count). The Labute approximate surface area is 94.6 Å². The van der Waals surface area contributed by atoms with E-state index >= 15 is 0 Å². The lowest BCUT2D eigenvalue weighted by atomic mass is 10.3.